The molecule has 0 aliphatic rings. The van der Waals surface area contributed by atoms with Crippen molar-refractivity contribution in [1.29, 1.82) is 0 Å². The third kappa shape index (κ3) is 3.25. The van der Waals surface area contributed by atoms with Crippen LogP contribution in [-0.4, -0.2) is 9.91 Å². The molecular weight excluding hydrogens is 365 g/mol. The smallest absolute Gasteiger partial charge is 0.416 e. The standard InChI is InChI=1S/C10H4BrF3N2O3S/c11-8-4-20-9(15-8)19-7-2-1-5(10(12,13)14)3-6(7)16(17)18/h1-4H. The van der Waals surface area contributed by atoms with Gasteiger partial charge in [-0.05, 0) is 28.1 Å². The first-order valence-corrected chi connectivity index (χ1v) is 6.59. The average Bonchev–Trinajstić information content (AvgIpc) is 2.73. The maximum atomic E-state index is 12.5. The molecule has 0 fully saturated rings. The first kappa shape index (κ1) is 14.7. The SMILES string of the molecule is O=[N+]([O-])c1cc(C(F)(F)F)ccc1Oc1nc(Br)cs1. The molecule has 106 valence electrons. The number of halogens is 4. The second-order valence-electron chi connectivity index (χ2n) is 3.48. The molecule has 1 heterocycles. The lowest BCUT2D eigenvalue weighted by Crippen LogP contribution is -2.06. The molecule has 0 atom stereocenters. The maximum absolute atomic E-state index is 12.5. The summed E-state index contributed by atoms with van der Waals surface area (Å²) in [7, 11) is 0. The number of benzene rings is 1. The second-order valence-corrected chi connectivity index (χ2v) is 5.11. The predicted octanol–water partition coefficient (Wildman–Crippen LogP) is 4.62. The van der Waals surface area contributed by atoms with Crippen LogP contribution in [0.5, 0.6) is 10.9 Å². The summed E-state index contributed by atoms with van der Waals surface area (Å²) in [6, 6.07) is 2.04. The minimum absolute atomic E-state index is 0.0831. The Labute approximate surface area is 122 Å². The Hall–Kier alpha value is -1.68. The largest absolute Gasteiger partial charge is 0.423 e. The van der Waals surface area contributed by atoms with Gasteiger partial charge >= 0.3 is 11.9 Å². The number of nitro benzene ring substituents is 1. The summed E-state index contributed by atoms with van der Waals surface area (Å²) in [5, 5.41) is 12.5. The van der Waals surface area contributed by atoms with E-state index < -0.39 is 22.4 Å². The molecule has 20 heavy (non-hydrogen) atoms. The van der Waals surface area contributed by atoms with Crippen LogP contribution in [0.3, 0.4) is 0 Å². The number of nitrogens with zero attached hydrogens (tertiary/aromatic N) is 2. The first-order valence-electron chi connectivity index (χ1n) is 4.92. The average molecular weight is 369 g/mol. The first-order chi connectivity index (χ1) is 9.27. The van der Waals surface area contributed by atoms with Gasteiger partial charge in [-0.2, -0.15) is 18.2 Å². The third-order valence-electron chi connectivity index (χ3n) is 2.14. The third-order valence-corrected chi connectivity index (χ3v) is 3.56. The molecule has 10 heteroatoms. The molecule has 1 aromatic heterocycles. The van der Waals surface area contributed by atoms with E-state index in [1.54, 1.807) is 5.38 Å². The van der Waals surface area contributed by atoms with Crippen molar-refractivity contribution in [1.82, 2.24) is 4.98 Å². The quantitative estimate of drug-likeness (QED) is 0.585. The minimum Gasteiger partial charge on any atom is -0.423 e. The topological polar surface area (TPSA) is 65.3 Å². The summed E-state index contributed by atoms with van der Waals surface area (Å²) < 4.78 is 43.1. The van der Waals surface area contributed by atoms with Crippen LogP contribution in [0.15, 0.2) is 28.2 Å². The zero-order valence-corrected chi connectivity index (χ0v) is 11.8. The number of ether oxygens (including phenoxy) is 1. The lowest BCUT2D eigenvalue weighted by molar-refractivity contribution is -0.385. The van der Waals surface area contributed by atoms with E-state index in [-0.39, 0.29) is 10.9 Å². The summed E-state index contributed by atoms with van der Waals surface area (Å²) >= 11 is 4.12. The Morgan fingerprint density at radius 2 is 2.10 bits per heavy atom. The molecular formula is C10H4BrF3N2O3S. The summed E-state index contributed by atoms with van der Waals surface area (Å²) in [5.41, 5.74) is -1.89. The van der Waals surface area contributed by atoms with E-state index in [0.29, 0.717) is 16.7 Å². The van der Waals surface area contributed by atoms with Gasteiger partial charge in [-0.1, -0.05) is 11.3 Å². The van der Waals surface area contributed by atoms with Crippen LogP contribution in [0, 0.1) is 10.1 Å². The van der Waals surface area contributed by atoms with E-state index in [2.05, 4.69) is 20.9 Å². The number of alkyl halides is 3. The highest BCUT2D eigenvalue weighted by Gasteiger charge is 2.33. The Morgan fingerprint density at radius 1 is 1.40 bits per heavy atom. The number of rotatable bonds is 3. The van der Waals surface area contributed by atoms with Crippen molar-refractivity contribution >= 4 is 33.0 Å². The molecule has 0 bridgehead atoms. The van der Waals surface area contributed by atoms with Crippen LogP contribution in [0.4, 0.5) is 18.9 Å². The van der Waals surface area contributed by atoms with E-state index in [4.69, 9.17) is 4.74 Å². The fourth-order valence-electron chi connectivity index (χ4n) is 1.30. The van der Waals surface area contributed by atoms with E-state index in [0.717, 1.165) is 17.4 Å². The zero-order chi connectivity index (χ0) is 14.9. The highest BCUT2D eigenvalue weighted by atomic mass is 79.9. The van der Waals surface area contributed by atoms with Crippen molar-refractivity contribution in [3.8, 4) is 10.9 Å². The van der Waals surface area contributed by atoms with E-state index in [1.165, 1.54) is 0 Å². The Kier molecular flexibility index (Phi) is 3.95. The van der Waals surface area contributed by atoms with Crippen molar-refractivity contribution in [2.45, 2.75) is 6.18 Å². The van der Waals surface area contributed by atoms with Crippen LogP contribution in [0.1, 0.15) is 5.56 Å². The van der Waals surface area contributed by atoms with Gasteiger partial charge in [-0.3, -0.25) is 10.1 Å². The molecule has 2 aromatic rings. The van der Waals surface area contributed by atoms with Gasteiger partial charge in [0.25, 0.3) is 5.19 Å². The summed E-state index contributed by atoms with van der Waals surface area (Å²) in [5.74, 6) is -0.301. The van der Waals surface area contributed by atoms with Gasteiger partial charge in [-0.25, -0.2) is 0 Å². The summed E-state index contributed by atoms with van der Waals surface area (Å²) in [6.07, 6.45) is -4.66. The van der Waals surface area contributed by atoms with E-state index in [1.807, 2.05) is 0 Å². The Bertz CT molecular complexity index is 659. The fourth-order valence-corrected chi connectivity index (χ4v) is 2.40. The second kappa shape index (κ2) is 5.37. The number of hydrogen-bond acceptors (Lipinski definition) is 5. The Balaban J connectivity index is 2.40. The molecule has 0 radical (unpaired) electrons. The summed E-state index contributed by atoms with van der Waals surface area (Å²) in [4.78, 5) is 13.7. The van der Waals surface area contributed by atoms with Gasteiger partial charge in [0.1, 0.15) is 4.60 Å². The predicted molar refractivity (Wildman–Crippen MR) is 68.0 cm³/mol. The van der Waals surface area contributed by atoms with Gasteiger partial charge in [0, 0.05) is 11.4 Å². The highest BCUT2D eigenvalue weighted by Crippen LogP contribution is 2.38. The van der Waals surface area contributed by atoms with Gasteiger partial charge in [0.2, 0.25) is 5.75 Å². The molecule has 5 nitrogen and oxygen atoms in total. The normalized spacial score (nSPS) is 11.4. The minimum atomic E-state index is -4.66. The summed E-state index contributed by atoms with van der Waals surface area (Å²) in [6.45, 7) is 0. The monoisotopic (exact) mass is 368 g/mol. The molecule has 0 unspecified atom stereocenters. The van der Waals surface area contributed by atoms with Gasteiger partial charge in [0.05, 0.1) is 10.5 Å². The van der Waals surface area contributed by atoms with Crippen LogP contribution >= 0.6 is 27.3 Å². The van der Waals surface area contributed by atoms with Crippen molar-refractivity contribution in [3.05, 3.63) is 43.9 Å². The molecule has 0 amide bonds. The van der Waals surface area contributed by atoms with Crippen molar-refractivity contribution in [2.75, 3.05) is 0 Å². The molecule has 0 saturated heterocycles. The van der Waals surface area contributed by atoms with Crippen LogP contribution in [-0.2, 0) is 6.18 Å². The van der Waals surface area contributed by atoms with Crippen LogP contribution < -0.4 is 4.74 Å². The molecule has 0 aliphatic heterocycles. The van der Waals surface area contributed by atoms with Crippen molar-refractivity contribution < 1.29 is 22.8 Å². The highest BCUT2D eigenvalue weighted by molar-refractivity contribution is 9.10. The van der Waals surface area contributed by atoms with Crippen LogP contribution in [0.25, 0.3) is 0 Å². The number of aromatic nitrogens is 1. The van der Waals surface area contributed by atoms with Crippen LogP contribution in [0.2, 0.25) is 0 Å². The lowest BCUT2D eigenvalue weighted by atomic mass is 10.2. The van der Waals surface area contributed by atoms with Gasteiger partial charge in [-0.15, -0.1) is 0 Å². The number of thiazole rings is 1. The molecule has 0 N–H and O–H groups in total. The molecule has 2 rings (SSSR count). The Morgan fingerprint density at radius 3 is 2.60 bits per heavy atom. The zero-order valence-electron chi connectivity index (χ0n) is 9.35. The van der Waals surface area contributed by atoms with E-state index in [9.17, 15) is 23.3 Å². The fraction of sp³-hybridized carbons (Fsp3) is 0.100. The maximum Gasteiger partial charge on any atom is 0.416 e. The molecule has 1 aromatic carbocycles. The number of nitro groups is 1. The van der Waals surface area contributed by atoms with Crippen molar-refractivity contribution in [2.24, 2.45) is 0 Å². The molecule has 0 saturated carbocycles. The number of hydrogen-bond donors (Lipinski definition) is 0. The van der Waals surface area contributed by atoms with Gasteiger partial charge in [0.15, 0.2) is 0 Å². The van der Waals surface area contributed by atoms with Gasteiger partial charge < -0.3 is 4.74 Å². The molecule has 0 spiro atoms. The lowest BCUT2D eigenvalue weighted by Gasteiger charge is -2.08. The molecule has 0 aliphatic carbocycles. The van der Waals surface area contributed by atoms with Crippen molar-refractivity contribution in [3.63, 3.8) is 0 Å². The van der Waals surface area contributed by atoms with E-state index >= 15 is 0 Å².